The summed E-state index contributed by atoms with van der Waals surface area (Å²) in [6.07, 6.45) is 1.32. The van der Waals surface area contributed by atoms with Crippen LogP contribution in [0.3, 0.4) is 0 Å². The van der Waals surface area contributed by atoms with Crippen LogP contribution in [0.1, 0.15) is 0 Å². The molecule has 4 nitrogen and oxygen atoms in total. The van der Waals surface area contributed by atoms with Crippen molar-refractivity contribution in [2.45, 2.75) is 0 Å². The van der Waals surface area contributed by atoms with Crippen LogP contribution >= 0.6 is 61.7 Å². The number of nitrogens with zero attached hydrogens (tertiary/aromatic N) is 1. The topological polar surface area (TPSA) is 57.8 Å². The van der Waals surface area contributed by atoms with Crippen molar-refractivity contribution in [1.82, 2.24) is 9.97 Å². The average molecular weight is 461 g/mol. The van der Waals surface area contributed by atoms with Gasteiger partial charge in [0.25, 0.3) is 5.56 Å². The molecule has 0 saturated heterocycles. The molecule has 0 atom stereocenters. The molecule has 2 rings (SSSR count). The van der Waals surface area contributed by atoms with Crippen LogP contribution in [-0.4, -0.2) is 9.97 Å². The Morgan fingerprint density at radius 3 is 2.78 bits per heavy atom. The minimum absolute atomic E-state index is 0.215. The van der Waals surface area contributed by atoms with E-state index >= 15 is 0 Å². The Balaban J connectivity index is 2.44. The number of H-pyrrole nitrogens is 1. The van der Waals surface area contributed by atoms with Crippen LogP contribution in [0.2, 0.25) is 10.0 Å². The Labute approximate surface area is 134 Å². The van der Waals surface area contributed by atoms with E-state index in [9.17, 15) is 4.79 Å². The van der Waals surface area contributed by atoms with Crippen LogP contribution in [0.4, 0.5) is 11.5 Å². The molecule has 0 spiro atoms. The van der Waals surface area contributed by atoms with E-state index in [1.807, 2.05) is 22.6 Å². The Morgan fingerprint density at radius 1 is 1.33 bits per heavy atom. The lowest BCUT2D eigenvalue weighted by molar-refractivity contribution is 1.10. The highest BCUT2D eigenvalue weighted by molar-refractivity contribution is 14.1. The largest absolute Gasteiger partial charge is 0.338 e. The Bertz CT molecular complexity index is 662. The SMILES string of the molecule is O=c1[nH]cnc(Nc2ccc(Br)c(Cl)c2Cl)c1I. The van der Waals surface area contributed by atoms with Crippen molar-refractivity contribution in [3.8, 4) is 0 Å². The molecule has 1 heterocycles. The maximum Gasteiger partial charge on any atom is 0.266 e. The smallest absolute Gasteiger partial charge is 0.266 e. The first-order valence-corrected chi connectivity index (χ1v) is 7.27. The summed E-state index contributed by atoms with van der Waals surface area (Å²) >= 11 is 17.3. The fourth-order valence-corrected chi connectivity index (χ4v) is 2.47. The molecule has 8 heteroatoms. The molecule has 0 saturated carbocycles. The van der Waals surface area contributed by atoms with Gasteiger partial charge in [-0.15, -0.1) is 0 Å². The number of halogens is 4. The van der Waals surface area contributed by atoms with E-state index in [0.29, 0.717) is 29.6 Å². The fraction of sp³-hybridized carbons (Fsp3) is 0. The number of anilines is 2. The van der Waals surface area contributed by atoms with Crippen LogP contribution < -0.4 is 10.9 Å². The van der Waals surface area contributed by atoms with Crippen molar-refractivity contribution in [3.05, 3.63) is 46.9 Å². The van der Waals surface area contributed by atoms with Gasteiger partial charge in [-0.05, 0) is 50.7 Å². The Kier molecular flexibility index (Phi) is 4.52. The molecule has 0 aliphatic carbocycles. The third-order valence-corrected chi connectivity index (χ3v) is 4.86. The maximum absolute atomic E-state index is 11.4. The molecule has 2 aromatic rings. The summed E-state index contributed by atoms with van der Waals surface area (Å²) in [6, 6.07) is 3.51. The normalized spacial score (nSPS) is 10.4. The summed E-state index contributed by atoms with van der Waals surface area (Å²) < 4.78 is 1.15. The third kappa shape index (κ3) is 2.81. The number of hydrogen-bond donors (Lipinski definition) is 2. The van der Waals surface area contributed by atoms with E-state index in [-0.39, 0.29) is 5.56 Å². The minimum Gasteiger partial charge on any atom is -0.338 e. The highest BCUT2D eigenvalue weighted by atomic mass is 127. The van der Waals surface area contributed by atoms with Gasteiger partial charge in [0.1, 0.15) is 3.57 Å². The van der Waals surface area contributed by atoms with Crippen molar-refractivity contribution >= 4 is 73.2 Å². The molecule has 0 fully saturated rings. The monoisotopic (exact) mass is 459 g/mol. The second-order valence-electron chi connectivity index (χ2n) is 3.24. The van der Waals surface area contributed by atoms with Gasteiger partial charge in [-0.3, -0.25) is 4.79 Å². The number of aromatic amines is 1. The van der Waals surface area contributed by atoms with Gasteiger partial charge in [-0.2, -0.15) is 0 Å². The molecule has 1 aromatic heterocycles. The van der Waals surface area contributed by atoms with Gasteiger partial charge in [-0.25, -0.2) is 4.98 Å². The Hall–Kier alpha value is -0.310. The second-order valence-corrected chi connectivity index (χ2v) is 5.93. The predicted molar refractivity (Wildman–Crippen MR) is 85.0 cm³/mol. The van der Waals surface area contributed by atoms with Crippen molar-refractivity contribution in [2.75, 3.05) is 5.32 Å². The molecule has 0 radical (unpaired) electrons. The zero-order valence-electron chi connectivity index (χ0n) is 8.60. The molecule has 18 heavy (non-hydrogen) atoms. The van der Waals surface area contributed by atoms with Crippen LogP contribution in [0.15, 0.2) is 27.7 Å². The van der Waals surface area contributed by atoms with Gasteiger partial charge >= 0.3 is 0 Å². The van der Waals surface area contributed by atoms with Gasteiger partial charge in [0.05, 0.1) is 22.1 Å². The quantitative estimate of drug-likeness (QED) is 0.522. The lowest BCUT2D eigenvalue weighted by Crippen LogP contribution is -2.13. The number of rotatable bonds is 2. The van der Waals surface area contributed by atoms with E-state index in [2.05, 4.69) is 31.2 Å². The van der Waals surface area contributed by atoms with Gasteiger partial charge < -0.3 is 10.3 Å². The maximum atomic E-state index is 11.4. The first-order chi connectivity index (χ1) is 8.50. The first kappa shape index (κ1) is 14.1. The van der Waals surface area contributed by atoms with Gasteiger partial charge in [0, 0.05) is 4.47 Å². The number of benzene rings is 1. The van der Waals surface area contributed by atoms with Crippen molar-refractivity contribution in [3.63, 3.8) is 0 Å². The van der Waals surface area contributed by atoms with Crippen molar-refractivity contribution in [2.24, 2.45) is 0 Å². The van der Waals surface area contributed by atoms with Gasteiger partial charge in [-0.1, -0.05) is 23.2 Å². The lowest BCUT2D eigenvalue weighted by Gasteiger charge is -2.10. The average Bonchev–Trinajstić information content (AvgIpc) is 2.35. The molecule has 2 N–H and O–H groups in total. The summed E-state index contributed by atoms with van der Waals surface area (Å²) in [5, 5.41) is 3.74. The molecule has 94 valence electrons. The highest BCUT2D eigenvalue weighted by Gasteiger charge is 2.11. The lowest BCUT2D eigenvalue weighted by atomic mass is 10.3. The van der Waals surface area contributed by atoms with Crippen LogP contribution in [-0.2, 0) is 0 Å². The fourth-order valence-electron chi connectivity index (χ4n) is 1.22. The predicted octanol–water partition coefficient (Wildman–Crippen LogP) is 4.19. The summed E-state index contributed by atoms with van der Waals surface area (Å²) in [4.78, 5) is 17.9. The van der Waals surface area contributed by atoms with E-state index in [1.54, 1.807) is 12.1 Å². The highest BCUT2D eigenvalue weighted by Crippen LogP contribution is 2.37. The number of hydrogen-bond acceptors (Lipinski definition) is 3. The van der Waals surface area contributed by atoms with Crippen molar-refractivity contribution < 1.29 is 0 Å². The first-order valence-electron chi connectivity index (χ1n) is 4.64. The molecular formula is C10H5BrCl2IN3O. The van der Waals surface area contributed by atoms with E-state index in [4.69, 9.17) is 23.2 Å². The van der Waals surface area contributed by atoms with E-state index < -0.39 is 0 Å². The standard InChI is InChI=1S/C10H5BrCl2IN3O/c11-4-1-2-5(7(13)6(4)12)17-9-8(14)10(18)16-3-15-9/h1-3H,(H2,15,16,17,18). The molecule has 0 aliphatic rings. The molecular weight excluding hydrogens is 456 g/mol. The third-order valence-electron chi connectivity index (χ3n) is 2.08. The van der Waals surface area contributed by atoms with E-state index in [0.717, 1.165) is 0 Å². The summed E-state index contributed by atoms with van der Waals surface area (Å²) in [7, 11) is 0. The second kappa shape index (κ2) is 5.77. The number of aromatic nitrogens is 2. The minimum atomic E-state index is -0.215. The van der Waals surface area contributed by atoms with Gasteiger partial charge in [0.2, 0.25) is 0 Å². The summed E-state index contributed by atoms with van der Waals surface area (Å²) in [5.74, 6) is 0.430. The summed E-state index contributed by atoms with van der Waals surface area (Å²) in [5.41, 5.74) is 0.369. The zero-order chi connectivity index (χ0) is 13.3. The van der Waals surface area contributed by atoms with Crippen LogP contribution in [0.5, 0.6) is 0 Å². The number of nitrogens with one attached hydrogen (secondary N) is 2. The van der Waals surface area contributed by atoms with Crippen LogP contribution in [0.25, 0.3) is 0 Å². The zero-order valence-corrected chi connectivity index (χ0v) is 13.9. The molecule has 0 amide bonds. The molecule has 1 aromatic carbocycles. The van der Waals surface area contributed by atoms with E-state index in [1.165, 1.54) is 6.33 Å². The van der Waals surface area contributed by atoms with Crippen LogP contribution in [0, 0.1) is 3.57 Å². The Morgan fingerprint density at radius 2 is 2.06 bits per heavy atom. The van der Waals surface area contributed by atoms with Gasteiger partial charge in [0.15, 0.2) is 5.82 Å². The molecule has 0 aliphatic heterocycles. The summed E-state index contributed by atoms with van der Waals surface area (Å²) in [6.45, 7) is 0. The molecule has 0 bridgehead atoms. The van der Waals surface area contributed by atoms with Crippen molar-refractivity contribution in [1.29, 1.82) is 0 Å². The molecule has 0 unspecified atom stereocenters.